The van der Waals surface area contributed by atoms with E-state index >= 15 is 0 Å². The summed E-state index contributed by atoms with van der Waals surface area (Å²) < 4.78 is 12.7. The molecule has 0 radical (unpaired) electrons. The number of nitrogens with one attached hydrogen (secondary N) is 3. The van der Waals surface area contributed by atoms with Gasteiger partial charge in [0, 0.05) is 13.0 Å². The van der Waals surface area contributed by atoms with E-state index in [-0.39, 0.29) is 30.5 Å². The summed E-state index contributed by atoms with van der Waals surface area (Å²) in [5.74, 6) is -1.04. The Morgan fingerprint density at radius 2 is 1.61 bits per heavy atom. The van der Waals surface area contributed by atoms with Crippen molar-refractivity contribution in [2.24, 2.45) is 5.73 Å². The van der Waals surface area contributed by atoms with Crippen LogP contribution in [-0.4, -0.2) is 24.4 Å². The lowest BCUT2D eigenvalue weighted by Crippen LogP contribution is -2.42. The van der Waals surface area contributed by atoms with Crippen LogP contribution >= 0.6 is 0 Å². The third-order valence-corrected chi connectivity index (χ3v) is 3.00. The molecule has 0 heterocycles. The summed E-state index contributed by atoms with van der Waals surface area (Å²) >= 11 is 0. The molecule has 0 saturated heterocycles. The van der Waals surface area contributed by atoms with Crippen molar-refractivity contribution in [3.8, 4) is 0 Å². The van der Waals surface area contributed by atoms with Gasteiger partial charge in [0.25, 0.3) is 0 Å². The second-order valence-corrected chi connectivity index (χ2v) is 5.00. The van der Waals surface area contributed by atoms with Gasteiger partial charge in [-0.3, -0.25) is 20.4 Å². The van der Waals surface area contributed by atoms with E-state index in [1.807, 2.05) is 0 Å². The van der Waals surface area contributed by atoms with Gasteiger partial charge < -0.3 is 11.1 Å². The molecule has 0 spiro atoms. The molecular formula is C15H21FN4O3. The van der Waals surface area contributed by atoms with Crippen molar-refractivity contribution in [2.75, 3.05) is 6.54 Å². The fourth-order valence-corrected chi connectivity index (χ4v) is 1.83. The lowest BCUT2D eigenvalue weighted by atomic mass is 10.1. The first-order valence-electron chi connectivity index (χ1n) is 7.33. The molecule has 0 saturated carbocycles. The Balaban J connectivity index is 2.09. The lowest BCUT2D eigenvalue weighted by molar-refractivity contribution is -0.128. The Bertz CT molecular complexity index is 534. The van der Waals surface area contributed by atoms with Crippen molar-refractivity contribution < 1.29 is 18.8 Å². The van der Waals surface area contributed by atoms with E-state index in [1.165, 1.54) is 24.3 Å². The fraction of sp³-hybridized carbons (Fsp3) is 0.400. The minimum Gasteiger partial charge on any atom is -0.352 e. The van der Waals surface area contributed by atoms with Crippen LogP contribution in [0.15, 0.2) is 24.3 Å². The van der Waals surface area contributed by atoms with Gasteiger partial charge >= 0.3 is 6.03 Å². The topological polar surface area (TPSA) is 113 Å². The third kappa shape index (κ3) is 9.07. The number of carbonyl (C=O) groups is 3. The number of urea groups is 1. The molecule has 4 amide bonds. The first-order chi connectivity index (χ1) is 11.0. The van der Waals surface area contributed by atoms with Crippen molar-refractivity contribution in [3.63, 3.8) is 0 Å². The number of amides is 4. The number of unbranched alkanes of at least 4 members (excludes halogenated alkanes) is 2. The Kier molecular flexibility index (Phi) is 8.12. The number of hydrogen-bond donors (Lipinski definition) is 4. The Morgan fingerprint density at radius 1 is 0.957 bits per heavy atom. The van der Waals surface area contributed by atoms with Gasteiger partial charge in [-0.15, -0.1) is 0 Å². The number of primary amides is 1. The van der Waals surface area contributed by atoms with Gasteiger partial charge in [-0.05, 0) is 30.5 Å². The molecule has 126 valence electrons. The number of benzene rings is 1. The molecule has 1 aromatic carbocycles. The first-order valence-corrected chi connectivity index (χ1v) is 7.33. The molecule has 23 heavy (non-hydrogen) atoms. The van der Waals surface area contributed by atoms with E-state index in [0.717, 1.165) is 12.8 Å². The molecule has 1 rings (SSSR count). The van der Waals surface area contributed by atoms with Gasteiger partial charge in [0.15, 0.2) is 0 Å². The van der Waals surface area contributed by atoms with E-state index in [9.17, 15) is 18.8 Å². The summed E-state index contributed by atoms with van der Waals surface area (Å²) in [7, 11) is 0. The zero-order valence-electron chi connectivity index (χ0n) is 12.7. The molecule has 0 aromatic heterocycles. The van der Waals surface area contributed by atoms with Crippen LogP contribution in [0, 0.1) is 5.82 Å². The number of hydrogen-bond acceptors (Lipinski definition) is 3. The fourth-order valence-electron chi connectivity index (χ4n) is 1.83. The zero-order chi connectivity index (χ0) is 17.1. The van der Waals surface area contributed by atoms with Crippen molar-refractivity contribution in [1.82, 2.24) is 16.2 Å². The second-order valence-electron chi connectivity index (χ2n) is 5.00. The highest BCUT2D eigenvalue weighted by atomic mass is 19.1. The number of hydrazine groups is 1. The maximum Gasteiger partial charge on any atom is 0.312 e. The molecule has 1 aromatic rings. The standard InChI is InChI=1S/C15H21FN4O3/c16-12-7-5-11(6-8-12)10-14(22)20-19-13(21)4-2-1-3-9-18-15(17)23/h5-8H,1-4,9-10H2,(H,19,21)(H,20,22)(H3,17,18,23). The molecule has 0 unspecified atom stereocenters. The summed E-state index contributed by atoms with van der Waals surface area (Å²) in [5, 5.41) is 2.46. The zero-order valence-corrected chi connectivity index (χ0v) is 12.7. The molecule has 0 fully saturated rings. The highest BCUT2D eigenvalue weighted by molar-refractivity contribution is 5.83. The highest BCUT2D eigenvalue weighted by Crippen LogP contribution is 2.03. The van der Waals surface area contributed by atoms with Crippen LogP contribution in [0.3, 0.4) is 0 Å². The largest absolute Gasteiger partial charge is 0.352 e. The molecule has 0 atom stereocenters. The van der Waals surface area contributed by atoms with Crippen LogP contribution in [0.1, 0.15) is 31.2 Å². The molecule has 0 bridgehead atoms. The summed E-state index contributed by atoms with van der Waals surface area (Å²) in [4.78, 5) is 33.6. The summed E-state index contributed by atoms with van der Waals surface area (Å²) in [5.41, 5.74) is 10.2. The van der Waals surface area contributed by atoms with Crippen molar-refractivity contribution >= 4 is 17.8 Å². The molecule has 0 aliphatic heterocycles. The van der Waals surface area contributed by atoms with E-state index in [0.29, 0.717) is 18.5 Å². The highest BCUT2D eigenvalue weighted by Gasteiger charge is 2.06. The van der Waals surface area contributed by atoms with Crippen LogP contribution in [0.5, 0.6) is 0 Å². The summed E-state index contributed by atoms with van der Waals surface area (Å²) in [6, 6.07) is 5.00. The van der Waals surface area contributed by atoms with Crippen molar-refractivity contribution in [3.05, 3.63) is 35.6 Å². The van der Waals surface area contributed by atoms with Crippen LogP contribution in [0.25, 0.3) is 0 Å². The van der Waals surface area contributed by atoms with Gasteiger partial charge in [-0.2, -0.15) is 0 Å². The Hall–Kier alpha value is -2.64. The molecule has 7 nitrogen and oxygen atoms in total. The molecule has 0 aliphatic rings. The minimum atomic E-state index is -0.563. The average molecular weight is 324 g/mol. The van der Waals surface area contributed by atoms with Crippen LogP contribution < -0.4 is 21.9 Å². The SMILES string of the molecule is NC(=O)NCCCCCC(=O)NNC(=O)Cc1ccc(F)cc1. The normalized spacial score (nSPS) is 9.96. The van der Waals surface area contributed by atoms with Crippen molar-refractivity contribution in [1.29, 1.82) is 0 Å². The van der Waals surface area contributed by atoms with E-state index in [2.05, 4.69) is 16.2 Å². The number of rotatable bonds is 8. The smallest absolute Gasteiger partial charge is 0.312 e. The maximum atomic E-state index is 12.7. The molecule has 0 aliphatic carbocycles. The van der Waals surface area contributed by atoms with Gasteiger partial charge in [-0.25, -0.2) is 9.18 Å². The summed E-state index contributed by atoms with van der Waals surface area (Å²) in [6.07, 6.45) is 2.46. The van der Waals surface area contributed by atoms with Gasteiger partial charge in [0.1, 0.15) is 5.82 Å². The van der Waals surface area contributed by atoms with Crippen molar-refractivity contribution in [2.45, 2.75) is 32.1 Å². The second kappa shape index (κ2) is 10.1. The van der Waals surface area contributed by atoms with Crippen LogP contribution in [0.2, 0.25) is 0 Å². The predicted octanol–water partition coefficient (Wildman–Crippen LogP) is 0.744. The van der Waals surface area contributed by atoms with Crippen LogP contribution in [-0.2, 0) is 16.0 Å². The first kappa shape index (κ1) is 18.4. The summed E-state index contributed by atoms with van der Waals surface area (Å²) in [6.45, 7) is 0.478. The van der Waals surface area contributed by atoms with Gasteiger partial charge in [-0.1, -0.05) is 18.6 Å². The van der Waals surface area contributed by atoms with Gasteiger partial charge in [0.05, 0.1) is 6.42 Å². The monoisotopic (exact) mass is 324 g/mol. The van der Waals surface area contributed by atoms with E-state index in [1.54, 1.807) is 0 Å². The number of nitrogens with two attached hydrogens (primary N) is 1. The molecular weight excluding hydrogens is 303 g/mol. The Morgan fingerprint density at radius 3 is 2.26 bits per heavy atom. The average Bonchev–Trinajstić information content (AvgIpc) is 2.50. The molecule has 5 N–H and O–H groups in total. The van der Waals surface area contributed by atoms with Gasteiger partial charge in [0.2, 0.25) is 11.8 Å². The Labute approximate surface area is 133 Å². The minimum absolute atomic E-state index is 0.0549. The number of halogens is 1. The maximum absolute atomic E-state index is 12.7. The van der Waals surface area contributed by atoms with E-state index < -0.39 is 6.03 Å². The predicted molar refractivity (Wildman–Crippen MR) is 82.4 cm³/mol. The quantitative estimate of drug-likeness (QED) is 0.418. The third-order valence-electron chi connectivity index (χ3n) is 3.00. The molecule has 8 heteroatoms. The lowest BCUT2D eigenvalue weighted by Gasteiger charge is -2.07. The van der Waals surface area contributed by atoms with Crippen LogP contribution in [0.4, 0.5) is 9.18 Å². The number of carbonyl (C=O) groups excluding carboxylic acids is 3. The van der Waals surface area contributed by atoms with E-state index in [4.69, 9.17) is 5.73 Å².